The van der Waals surface area contributed by atoms with Gasteiger partial charge in [0.2, 0.25) is 0 Å². The number of esters is 1. The number of nitrogens with zero attached hydrogens (tertiary/aromatic N) is 1. The molecule has 2 rings (SSSR count). The molecule has 1 aliphatic heterocycles. The van der Waals surface area contributed by atoms with E-state index in [4.69, 9.17) is 9.47 Å². The molecule has 0 N–H and O–H groups in total. The van der Waals surface area contributed by atoms with Crippen LogP contribution < -0.4 is 0 Å². The largest absolute Gasteiger partial charge is 0.466 e. The summed E-state index contributed by atoms with van der Waals surface area (Å²) in [5, 5.41) is 0. The molecule has 1 heterocycles. The van der Waals surface area contributed by atoms with Gasteiger partial charge in [0.15, 0.2) is 0 Å². The minimum atomic E-state index is -0.0408. The molecule has 98 valence electrons. The molecule has 0 radical (unpaired) electrons. The Kier molecular flexibility index (Phi) is 4.40. The lowest BCUT2D eigenvalue weighted by Crippen LogP contribution is -2.53. The van der Waals surface area contributed by atoms with E-state index in [2.05, 4.69) is 4.90 Å². The third-order valence-corrected chi connectivity index (χ3v) is 3.99. The van der Waals surface area contributed by atoms with Crippen LogP contribution in [0.25, 0.3) is 0 Å². The lowest BCUT2D eigenvalue weighted by atomic mass is 9.90. The minimum absolute atomic E-state index is 0.0408. The van der Waals surface area contributed by atoms with Crippen LogP contribution in [0.4, 0.5) is 0 Å². The summed E-state index contributed by atoms with van der Waals surface area (Å²) in [5.41, 5.74) is 0.0655. The average molecular weight is 241 g/mol. The first-order chi connectivity index (χ1) is 8.27. The molecule has 0 unspecified atom stereocenters. The Morgan fingerprint density at radius 1 is 1.29 bits per heavy atom. The Hall–Kier alpha value is -0.610. The third kappa shape index (κ3) is 2.99. The van der Waals surface area contributed by atoms with Gasteiger partial charge in [-0.2, -0.15) is 0 Å². The smallest absolute Gasteiger partial charge is 0.307 e. The summed E-state index contributed by atoms with van der Waals surface area (Å²) >= 11 is 0. The van der Waals surface area contributed by atoms with E-state index in [1.54, 1.807) is 0 Å². The SMILES string of the molecule is CCOC(=O)CC1(N2CCOCC2)CCCC1. The molecular formula is C13H23NO3. The van der Waals surface area contributed by atoms with Crippen molar-refractivity contribution in [1.29, 1.82) is 0 Å². The Labute approximate surface area is 103 Å². The summed E-state index contributed by atoms with van der Waals surface area (Å²) < 4.78 is 10.5. The van der Waals surface area contributed by atoms with Gasteiger partial charge in [0.05, 0.1) is 26.2 Å². The van der Waals surface area contributed by atoms with Gasteiger partial charge in [-0.15, -0.1) is 0 Å². The number of hydrogen-bond donors (Lipinski definition) is 0. The van der Waals surface area contributed by atoms with Gasteiger partial charge < -0.3 is 9.47 Å². The molecule has 4 nitrogen and oxygen atoms in total. The molecule has 2 aliphatic rings. The van der Waals surface area contributed by atoms with E-state index >= 15 is 0 Å². The van der Waals surface area contributed by atoms with E-state index in [0.29, 0.717) is 13.0 Å². The summed E-state index contributed by atoms with van der Waals surface area (Å²) in [5.74, 6) is -0.0408. The van der Waals surface area contributed by atoms with Gasteiger partial charge in [0, 0.05) is 18.6 Å². The molecule has 1 aliphatic carbocycles. The first-order valence-electron chi connectivity index (χ1n) is 6.75. The van der Waals surface area contributed by atoms with Crippen LogP contribution in [0, 0.1) is 0 Å². The Bertz CT molecular complexity index is 255. The lowest BCUT2D eigenvalue weighted by molar-refractivity contribution is -0.147. The number of rotatable bonds is 4. The van der Waals surface area contributed by atoms with Crippen molar-refractivity contribution < 1.29 is 14.3 Å². The molecule has 1 saturated carbocycles. The maximum absolute atomic E-state index is 11.8. The normalized spacial score (nSPS) is 24.8. The van der Waals surface area contributed by atoms with Crippen LogP contribution in [-0.4, -0.2) is 49.3 Å². The number of ether oxygens (including phenoxy) is 2. The zero-order chi connectivity index (χ0) is 12.1. The van der Waals surface area contributed by atoms with Gasteiger partial charge in [0.25, 0.3) is 0 Å². The fraction of sp³-hybridized carbons (Fsp3) is 0.923. The van der Waals surface area contributed by atoms with Crippen molar-refractivity contribution in [3.63, 3.8) is 0 Å². The Morgan fingerprint density at radius 2 is 1.94 bits per heavy atom. The molecule has 2 fully saturated rings. The average Bonchev–Trinajstić information content (AvgIpc) is 2.80. The lowest BCUT2D eigenvalue weighted by Gasteiger charge is -2.42. The molecule has 0 aromatic carbocycles. The van der Waals surface area contributed by atoms with E-state index in [-0.39, 0.29) is 11.5 Å². The molecule has 0 aromatic rings. The molecule has 0 atom stereocenters. The van der Waals surface area contributed by atoms with Gasteiger partial charge in [0.1, 0.15) is 0 Å². The van der Waals surface area contributed by atoms with E-state index in [1.165, 1.54) is 12.8 Å². The monoisotopic (exact) mass is 241 g/mol. The predicted molar refractivity (Wildman–Crippen MR) is 64.8 cm³/mol. The summed E-state index contributed by atoms with van der Waals surface area (Å²) in [6.07, 6.45) is 5.28. The van der Waals surface area contributed by atoms with Crippen molar-refractivity contribution in [3.05, 3.63) is 0 Å². The molecule has 0 spiro atoms. The second kappa shape index (κ2) is 5.83. The highest BCUT2D eigenvalue weighted by Gasteiger charge is 2.42. The third-order valence-electron chi connectivity index (χ3n) is 3.99. The molecule has 17 heavy (non-hydrogen) atoms. The summed E-state index contributed by atoms with van der Waals surface area (Å²) in [7, 11) is 0. The van der Waals surface area contributed by atoms with Crippen LogP contribution in [0.5, 0.6) is 0 Å². The first kappa shape index (κ1) is 12.8. The highest BCUT2D eigenvalue weighted by atomic mass is 16.5. The van der Waals surface area contributed by atoms with Crippen molar-refractivity contribution in [3.8, 4) is 0 Å². The van der Waals surface area contributed by atoms with Crippen LogP contribution in [0.3, 0.4) is 0 Å². The van der Waals surface area contributed by atoms with Crippen LogP contribution in [0.1, 0.15) is 39.0 Å². The van der Waals surface area contributed by atoms with Crippen molar-refractivity contribution in [2.75, 3.05) is 32.9 Å². The number of carbonyl (C=O) groups is 1. The van der Waals surface area contributed by atoms with Gasteiger partial charge in [-0.05, 0) is 19.8 Å². The number of carbonyl (C=O) groups excluding carboxylic acids is 1. The molecule has 0 aromatic heterocycles. The quantitative estimate of drug-likeness (QED) is 0.701. The second-order valence-corrected chi connectivity index (χ2v) is 5.01. The van der Waals surface area contributed by atoms with Crippen LogP contribution in [-0.2, 0) is 14.3 Å². The van der Waals surface area contributed by atoms with E-state index in [0.717, 1.165) is 39.1 Å². The van der Waals surface area contributed by atoms with Crippen molar-refractivity contribution >= 4 is 5.97 Å². The fourth-order valence-corrected chi connectivity index (χ4v) is 3.16. The van der Waals surface area contributed by atoms with Crippen LogP contribution >= 0.6 is 0 Å². The molecular weight excluding hydrogens is 218 g/mol. The predicted octanol–water partition coefficient (Wildman–Crippen LogP) is 1.58. The zero-order valence-electron chi connectivity index (χ0n) is 10.7. The van der Waals surface area contributed by atoms with Gasteiger partial charge in [-0.3, -0.25) is 9.69 Å². The summed E-state index contributed by atoms with van der Waals surface area (Å²) in [6.45, 7) is 5.86. The first-order valence-corrected chi connectivity index (χ1v) is 6.75. The van der Waals surface area contributed by atoms with Gasteiger partial charge in [-0.1, -0.05) is 12.8 Å². The molecule has 4 heteroatoms. The standard InChI is InChI=1S/C13H23NO3/c1-2-17-12(15)11-13(5-3-4-6-13)14-7-9-16-10-8-14/h2-11H2,1H3. The van der Waals surface area contributed by atoms with E-state index in [1.807, 2.05) is 6.92 Å². The van der Waals surface area contributed by atoms with Gasteiger partial charge in [-0.25, -0.2) is 0 Å². The maximum atomic E-state index is 11.8. The number of morpholine rings is 1. The van der Waals surface area contributed by atoms with E-state index in [9.17, 15) is 4.79 Å². The Morgan fingerprint density at radius 3 is 2.53 bits per heavy atom. The van der Waals surface area contributed by atoms with Crippen molar-refractivity contribution in [2.45, 2.75) is 44.6 Å². The van der Waals surface area contributed by atoms with Gasteiger partial charge >= 0.3 is 5.97 Å². The van der Waals surface area contributed by atoms with Crippen molar-refractivity contribution in [1.82, 2.24) is 4.90 Å². The fourth-order valence-electron chi connectivity index (χ4n) is 3.16. The topological polar surface area (TPSA) is 38.8 Å². The Balaban J connectivity index is 2.00. The summed E-state index contributed by atoms with van der Waals surface area (Å²) in [6, 6.07) is 0. The highest BCUT2D eigenvalue weighted by Crippen LogP contribution is 2.38. The minimum Gasteiger partial charge on any atom is -0.466 e. The van der Waals surface area contributed by atoms with Crippen LogP contribution in [0.15, 0.2) is 0 Å². The highest BCUT2D eigenvalue weighted by molar-refractivity contribution is 5.71. The summed E-state index contributed by atoms with van der Waals surface area (Å²) in [4.78, 5) is 14.2. The molecule has 0 amide bonds. The van der Waals surface area contributed by atoms with Crippen molar-refractivity contribution in [2.24, 2.45) is 0 Å². The molecule has 0 bridgehead atoms. The maximum Gasteiger partial charge on any atom is 0.307 e. The second-order valence-electron chi connectivity index (χ2n) is 5.01. The number of hydrogen-bond acceptors (Lipinski definition) is 4. The van der Waals surface area contributed by atoms with E-state index < -0.39 is 0 Å². The molecule has 1 saturated heterocycles. The zero-order valence-corrected chi connectivity index (χ0v) is 10.7. The van der Waals surface area contributed by atoms with Crippen LogP contribution in [0.2, 0.25) is 0 Å².